The molecule has 142 valence electrons. The van der Waals surface area contributed by atoms with Crippen LogP contribution in [0.2, 0.25) is 0 Å². The normalized spacial score (nSPS) is 21.7. The third kappa shape index (κ3) is 3.25. The minimum atomic E-state index is -0.440. The second-order valence-electron chi connectivity index (χ2n) is 6.75. The number of hydrogen-bond donors (Lipinski definition) is 2. The molecule has 2 bridgehead atoms. The average Bonchev–Trinajstić information content (AvgIpc) is 3.16. The molecule has 0 saturated carbocycles. The predicted molar refractivity (Wildman–Crippen MR) is 103 cm³/mol. The Morgan fingerprint density at radius 2 is 2.07 bits per heavy atom. The van der Waals surface area contributed by atoms with E-state index in [9.17, 15) is 14.4 Å². The van der Waals surface area contributed by atoms with E-state index >= 15 is 0 Å². The van der Waals surface area contributed by atoms with Gasteiger partial charge in [0.25, 0.3) is 0 Å². The number of nitrogens with one attached hydrogen (secondary N) is 2. The van der Waals surface area contributed by atoms with E-state index < -0.39 is 5.97 Å². The number of carbonyl (C=O) groups excluding carboxylic acids is 3. The standard InChI is InChI=1S/C19H21N3O4S/c1-2-26-18(24)17-16(13-5-3-4-6-14(13)27-17)21-19(25)22-11-7-8-12(22)10-20-15(23)9-11/h3-6,11-12H,2,7-10H2,1H3,(H,20,23)(H,21,25)/t11-,12+/m1/s1. The first-order valence-electron chi connectivity index (χ1n) is 9.13. The summed E-state index contributed by atoms with van der Waals surface area (Å²) in [5.74, 6) is -0.460. The van der Waals surface area contributed by atoms with Crippen molar-refractivity contribution in [3.8, 4) is 0 Å². The summed E-state index contributed by atoms with van der Waals surface area (Å²) >= 11 is 1.31. The summed E-state index contributed by atoms with van der Waals surface area (Å²) in [4.78, 5) is 39.5. The molecule has 0 spiro atoms. The molecule has 2 aliphatic heterocycles. The molecule has 0 aliphatic carbocycles. The Balaban J connectivity index is 1.66. The van der Waals surface area contributed by atoms with Crippen molar-refractivity contribution < 1.29 is 19.1 Å². The van der Waals surface area contributed by atoms with Gasteiger partial charge in [0.1, 0.15) is 4.88 Å². The molecule has 1 aromatic carbocycles. The summed E-state index contributed by atoms with van der Waals surface area (Å²) in [6.07, 6.45) is 2.01. The molecule has 2 saturated heterocycles. The lowest BCUT2D eigenvalue weighted by molar-refractivity contribution is -0.121. The van der Waals surface area contributed by atoms with E-state index in [1.165, 1.54) is 11.3 Å². The molecule has 8 heteroatoms. The van der Waals surface area contributed by atoms with Crippen LogP contribution in [0.1, 0.15) is 35.9 Å². The number of carbonyl (C=O) groups is 3. The number of benzene rings is 1. The van der Waals surface area contributed by atoms with Crippen molar-refractivity contribution in [1.29, 1.82) is 0 Å². The SMILES string of the molecule is CCOC(=O)c1sc2ccccc2c1NC(=O)N1[C@@H]2CC[C@H]1CNC(=O)C2. The highest BCUT2D eigenvalue weighted by atomic mass is 32.1. The van der Waals surface area contributed by atoms with E-state index in [1.807, 2.05) is 24.3 Å². The van der Waals surface area contributed by atoms with E-state index in [1.54, 1.807) is 11.8 Å². The van der Waals surface area contributed by atoms with E-state index in [4.69, 9.17) is 4.74 Å². The van der Waals surface area contributed by atoms with Gasteiger partial charge in [-0.2, -0.15) is 0 Å². The van der Waals surface area contributed by atoms with Gasteiger partial charge in [-0.1, -0.05) is 18.2 Å². The predicted octanol–water partition coefficient (Wildman–Crippen LogP) is 2.96. The van der Waals surface area contributed by atoms with Crippen LogP contribution in [0.25, 0.3) is 10.1 Å². The fourth-order valence-electron chi connectivity index (χ4n) is 3.89. The number of hydrogen-bond acceptors (Lipinski definition) is 5. The minimum absolute atomic E-state index is 0.0163. The van der Waals surface area contributed by atoms with E-state index in [-0.39, 0.29) is 30.6 Å². The maximum atomic E-state index is 13.1. The zero-order valence-corrected chi connectivity index (χ0v) is 15.8. The first-order chi connectivity index (χ1) is 13.1. The van der Waals surface area contributed by atoms with Crippen molar-refractivity contribution in [3.63, 3.8) is 0 Å². The fourth-order valence-corrected chi connectivity index (χ4v) is 4.94. The Hall–Kier alpha value is -2.61. The zero-order chi connectivity index (χ0) is 19.0. The van der Waals surface area contributed by atoms with Gasteiger partial charge in [0.05, 0.1) is 18.3 Å². The van der Waals surface area contributed by atoms with Gasteiger partial charge in [-0.15, -0.1) is 11.3 Å². The number of rotatable bonds is 3. The molecule has 4 rings (SSSR count). The van der Waals surface area contributed by atoms with E-state index in [0.717, 1.165) is 22.9 Å². The molecule has 3 heterocycles. The summed E-state index contributed by atoms with van der Waals surface area (Å²) in [6, 6.07) is 7.17. The van der Waals surface area contributed by atoms with Gasteiger partial charge in [-0.05, 0) is 25.8 Å². The van der Waals surface area contributed by atoms with Crippen LogP contribution >= 0.6 is 11.3 Å². The number of anilines is 1. The number of ether oxygens (including phenoxy) is 1. The minimum Gasteiger partial charge on any atom is -0.462 e. The average molecular weight is 387 g/mol. The summed E-state index contributed by atoms with van der Waals surface area (Å²) < 4.78 is 6.07. The van der Waals surface area contributed by atoms with Gasteiger partial charge < -0.3 is 20.3 Å². The van der Waals surface area contributed by atoms with E-state index in [2.05, 4.69) is 10.6 Å². The number of esters is 1. The lowest BCUT2D eigenvalue weighted by Crippen LogP contribution is -2.45. The number of fused-ring (bicyclic) bond motifs is 3. The first-order valence-corrected chi connectivity index (χ1v) is 9.94. The zero-order valence-electron chi connectivity index (χ0n) is 15.0. The van der Waals surface area contributed by atoms with Crippen LogP contribution < -0.4 is 10.6 Å². The maximum absolute atomic E-state index is 13.1. The van der Waals surface area contributed by atoms with Crippen LogP contribution in [-0.4, -0.2) is 48.0 Å². The molecule has 27 heavy (non-hydrogen) atoms. The van der Waals surface area contributed by atoms with Crippen molar-refractivity contribution in [2.75, 3.05) is 18.5 Å². The number of nitrogens with zero attached hydrogens (tertiary/aromatic N) is 1. The Labute approximate surface area is 160 Å². The van der Waals surface area contributed by atoms with Crippen molar-refractivity contribution >= 4 is 45.0 Å². The topological polar surface area (TPSA) is 87.7 Å². The smallest absolute Gasteiger partial charge is 0.350 e. The molecular formula is C19H21N3O4S. The molecule has 2 N–H and O–H groups in total. The highest BCUT2D eigenvalue weighted by Crippen LogP contribution is 2.37. The summed E-state index contributed by atoms with van der Waals surface area (Å²) in [5, 5.41) is 6.62. The molecule has 1 aromatic heterocycles. The van der Waals surface area contributed by atoms with Crippen molar-refractivity contribution in [2.45, 2.75) is 38.3 Å². The molecule has 2 aliphatic rings. The fraction of sp³-hybridized carbons (Fsp3) is 0.421. The molecule has 2 aromatic rings. The lowest BCUT2D eigenvalue weighted by atomic mass is 10.1. The highest BCUT2D eigenvalue weighted by Gasteiger charge is 2.40. The van der Waals surface area contributed by atoms with Crippen molar-refractivity contribution in [2.24, 2.45) is 0 Å². The largest absolute Gasteiger partial charge is 0.462 e. The van der Waals surface area contributed by atoms with Gasteiger partial charge in [0, 0.05) is 29.1 Å². The Morgan fingerprint density at radius 1 is 1.30 bits per heavy atom. The number of amides is 3. The second-order valence-corrected chi connectivity index (χ2v) is 7.81. The molecule has 3 amide bonds. The Morgan fingerprint density at radius 3 is 2.89 bits per heavy atom. The van der Waals surface area contributed by atoms with Crippen LogP contribution in [0.4, 0.5) is 10.5 Å². The number of urea groups is 1. The quantitative estimate of drug-likeness (QED) is 0.793. The van der Waals surface area contributed by atoms with Crippen LogP contribution in [0.15, 0.2) is 24.3 Å². The second kappa shape index (κ2) is 7.19. The van der Waals surface area contributed by atoms with Gasteiger partial charge >= 0.3 is 12.0 Å². The third-order valence-corrected chi connectivity index (χ3v) is 6.25. The van der Waals surface area contributed by atoms with Gasteiger partial charge in [-0.3, -0.25) is 4.79 Å². The Kier molecular flexibility index (Phi) is 4.73. The molecule has 2 fully saturated rings. The summed E-state index contributed by atoms with van der Waals surface area (Å²) in [5.41, 5.74) is 0.488. The van der Waals surface area contributed by atoms with Crippen LogP contribution in [0.3, 0.4) is 0 Å². The van der Waals surface area contributed by atoms with Crippen molar-refractivity contribution in [1.82, 2.24) is 10.2 Å². The molecular weight excluding hydrogens is 366 g/mol. The van der Waals surface area contributed by atoms with Gasteiger partial charge in [-0.25, -0.2) is 9.59 Å². The molecule has 2 atom stereocenters. The van der Waals surface area contributed by atoms with Crippen LogP contribution in [-0.2, 0) is 9.53 Å². The highest BCUT2D eigenvalue weighted by molar-refractivity contribution is 7.21. The van der Waals surface area contributed by atoms with Crippen molar-refractivity contribution in [3.05, 3.63) is 29.1 Å². The number of thiophene rings is 1. The van der Waals surface area contributed by atoms with Crippen LogP contribution in [0.5, 0.6) is 0 Å². The lowest BCUT2D eigenvalue weighted by Gasteiger charge is -2.27. The van der Waals surface area contributed by atoms with Crippen LogP contribution in [0, 0.1) is 0 Å². The van der Waals surface area contributed by atoms with E-state index in [0.29, 0.717) is 23.5 Å². The summed E-state index contributed by atoms with van der Waals surface area (Å²) in [7, 11) is 0. The monoisotopic (exact) mass is 387 g/mol. The maximum Gasteiger partial charge on any atom is 0.350 e. The molecule has 0 radical (unpaired) electrons. The molecule has 0 unspecified atom stereocenters. The molecule has 7 nitrogen and oxygen atoms in total. The first kappa shape index (κ1) is 17.8. The third-order valence-electron chi connectivity index (χ3n) is 5.10. The summed E-state index contributed by atoms with van der Waals surface area (Å²) in [6.45, 7) is 2.49. The Bertz CT molecular complexity index is 909. The van der Waals surface area contributed by atoms with Gasteiger partial charge in [0.2, 0.25) is 5.91 Å². The van der Waals surface area contributed by atoms with Gasteiger partial charge in [0.15, 0.2) is 0 Å².